The molecule has 0 unspecified atom stereocenters. The number of alkyl halides is 3. The molecule has 0 amide bonds. The van der Waals surface area contributed by atoms with E-state index in [1.165, 1.54) is 6.07 Å². The van der Waals surface area contributed by atoms with Gasteiger partial charge in [-0.2, -0.15) is 13.2 Å². The van der Waals surface area contributed by atoms with E-state index in [4.69, 9.17) is 5.11 Å². The summed E-state index contributed by atoms with van der Waals surface area (Å²) in [5.74, 6) is -0.411. The number of carboxylic acid groups (broad SMARTS) is 1. The third-order valence-corrected chi connectivity index (χ3v) is 3.56. The van der Waals surface area contributed by atoms with E-state index in [0.717, 1.165) is 18.6 Å². The van der Waals surface area contributed by atoms with Crippen molar-refractivity contribution in [3.8, 4) is 0 Å². The largest absolute Gasteiger partial charge is 0.480 e. The summed E-state index contributed by atoms with van der Waals surface area (Å²) in [6.45, 7) is 2.64. The molecule has 0 saturated carbocycles. The van der Waals surface area contributed by atoms with Crippen molar-refractivity contribution in [2.75, 3.05) is 13.1 Å². The monoisotopic (exact) mass is 329 g/mol. The van der Waals surface area contributed by atoms with E-state index in [1.54, 1.807) is 16.5 Å². The Hall–Kier alpha value is -2.09. The number of carbonyl (C=O) groups is 1. The lowest BCUT2D eigenvalue weighted by Gasteiger charge is -2.18. The van der Waals surface area contributed by atoms with Gasteiger partial charge in [-0.1, -0.05) is 6.92 Å². The number of hydrogen-bond donors (Lipinski definition) is 1. The zero-order chi connectivity index (χ0) is 17.2. The summed E-state index contributed by atoms with van der Waals surface area (Å²) in [7, 11) is 1.71. The summed E-state index contributed by atoms with van der Waals surface area (Å²) in [6.07, 6.45) is -3.64. The molecule has 0 aliphatic carbocycles. The van der Waals surface area contributed by atoms with Crippen LogP contribution >= 0.6 is 0 Å². The van der Waals surface area contributed by atoms with E-state index < -0.39 is 17.7 Å². The molecule has 0 aliphatic rings. The highest BCUT2D eigenvalue weighted by atomic mass is 19.4. The first-order valence-corrected chi connectivity index (χ1v) is 7.19. The van der Waals surface area contributed by atoms with E-state index in [9.17, 15) is 18.0 Å². The molecule has 0 bridgehead atoms. The van der Waals surface area contributed by atoms with Gasteiger partial charge in [-0.25, -0.2) is 4.98 Å². The molecule has 0 radical (unpaired) electrons. The molecule has 5 nitrogen and oxygen atoms in total. The molecule has 0 aliphatic heterocycles. The summed E-state index contributed by atoms with van der Waals surface area (Å²) in [4.78, 5) is 16.8. The van der Waals surface area contributed by atoms with Gasteiger partial charge in [0, 0.05) is 7.05 Å². The highest BCUT2D eigenvalue weighted by Crippen LogP contribution is 2.31. The van der Waals surface area contributed by atoms with Crippen LogP contribution in [0.25, 0.3) is 11.0 Å². The van der Waals surface area contributed by atoms with Crippen molar-refractivity contribution in [3.63, 3.8) is 0 Å². The summed E-state index contributed by atoms with van der Waals surface area (Å²) in [6, 6.07) is 3.42. The first-order valence-electron chi connectivity index (χ1n) is 7.19. The van der Waals surface area contributed by atoms with Gasteiger partial charge >= 0.3 is 12.1 Å². The van der Waals surface area contributed by atoms with Crippen molar-refractivity contribution < 1.29 is 23.1 Å². The van der Waals surface area contributed by atoms with Crippen LogP contribution in [0.15, 0.2) is 18.2 Å². The average Bonchev–Trinajstić information content (AvgIpc) is 2.73. The van der Waals surface area contributed by atoms with Gasteiger partial charge in [-0.15, -0.1) is 0 Å². The molecule has 23 heavy (non-hydrogen) atoms. The van der Waals surface area contributed by atoms with Gasteiger partial charge in [0.1, 0.15) is 5.82 Å². The SMILES string of the molecule is CCCN(CC(=O)O)Cc1nc2cc(C(F)(F)F)ccc2n1C. The van der Waals surface area contributed by atoms with Crippen LogP contribution in [0.4, 0.5) is 13.2 Å². The number of rotatable bonds is 6. The number of imidazole rings is 1. The number of benzene rings is 1. The highest BCUT2D eigenvalue weighted by molar-refractivity contribution is 5.77. The first-order chi connectivity index (χ1) is 10.7. The van der Waals surface area contributed by atoms with E-state index in [0.29, 0.717) is 17.9 Å². The predicted octanol–water partition coefficient (Wildman–Crippen LogP) is 2.89. The molecule has 126 valence electrons. The quantitative estimate of drug-likeness (QED) is 0.885. The van der Waals surface area contributed by atoms with Crippen molar-refractivity contribution in [1.82, 2.24) is 14.5 Å². The van der Waals surface area contributed by atoms with E-state index >= 15 is 0 Å². The van der Waals surface area contributed by atoms with Gasteiger partial charge in [-0.05, 0) is 31.2 Å². The molecule has 1 aromatic carbocycles. The zero-order valence-corrected chi connectivity index (χ0v) is 12.9. The number of halogens is 3. The Kier molecular flexibility index (Phi) is 4.93. The lowest BCUT2D eigenvalue weighted by atomic mass is 10.2. The number of hydrogen-bond acceptors (Lipinski definition) is 3. The number of aromatic nitrogens is 2. The molecular weight excluding hydrogens is 311 g/mol. The van der Waals surface area contributed by atoms with Crippen molar-refractivity contribution in [3.05, 3.63) is 29.6 Å². The Morgan fingerprint density at radius 1 is 1.39 bits per heavy atom. The van der Waals surface area contributed by atoms with Crippen molar-refractivity contribution >= 4 is 17.0 Å². The molecule has 2 rings (SSSR count). The maximum atomic E-state index is 12.8. The van der Waals surface area contributed by atoms with Crippen molar-refractivity contribution in [1.29, 1.82) is 0 Å². The third-order valence-electron chi connectivity index (χ3n) is 3.56. The molecule has 0 spiro atoms. The van der Waals surface area contributed by atoms with E-state index in [1.807, 2.05) is 6.92 Å². The highest BCUT2D eigenvalue weighted by Gasteiger charge is 2.31. The zero-order valence-electron chi connectivity index (χ0n) is 12.9. The number of aliphatic carboxylic acids is 1. The van der Waals surface area contributed by atoms with Crippen LogP contribution in [0.2, 0.25) is 0 Å². The molecule has 8 heteroatoms. The van der Waals surface area contributed by atoms with Crippen molar-refractivity contribution in [2.24, 2.45) is 7.05 Å². The second-order valence-corrected chi connectivity index (χ2v) is 5.39. The Bertz CT molecular complexity index is 710. The fourth-order valence-electron chi connectivity index (χ4n) is 2.49. The predicted molar refractivity (Wildman–Crippen MR) is 78.9 cm³/mol. The smallest absolute Gasteiger partial charge is 0.416 e. The Labute approximate surface area is 131 Å². The Morgan fingerprint density at radius 2 is 2.09 bits per heavy atom. The fourth-order valence-corrected chi connectivity index (χ4v) is 2.49. The van der Waals surface area contributed by atoms with Crippen LogP contribution in [0, 0.1) is 0 Å². The number of fused-ring (bicyclic) bond motifs is 1. The maximum Gasteiger partial charge on any atom is 0.416 e. The summed E-state index contributed by atoms with van der Waals surface area (Å²) >= 11 is 0. The normalized spacial score (nSPS) is 12.3. The number of nitrogens with zero attached hydrogens (tertiary/aromatic N) is 3. The van der Waals surface area contributed by atoms with Gasteiger partial charge < -0.3 is 9.67 Å². The van der Waals surface area contributed by atoms with Gasteiger partial charge in [0.15, 0.2) is 0 Å². The average molecular weight is 329 g/mol. The Balaban J connectivity index is 2.33. The molecule has 1 aromatic heterocycles. The van der Waals surface area contributed by atoms with Gasteiger partial charge in [0.05, 0.1) is 29.7 Å². The molecule has 0 fully saturated rings. The van der Waals surface area contributed by atoms with E-state index in [2.05, 4.69) is 4.98 Å². The summed E-state index contributed by atoms with van der Waals surface area (Å²) in [5.41, 5.74) is 0.0921. The Morgan fingerprint density at radius 3 is 2.65 bits per heavy atom. The topological polar surface area (TPSA) is 58.4 Å². The van der Waals surface area contributed by atoms with E-state index in [-0.39, 0.29) is 18.6 Å². The molecular formula is C15H18F3N3O2. The van der Waals surface area contributed by atoms with Crippen molar-refractivity contribution in [2.45, 2.75) is 26.1 Å². The summed E-state index contributed by atoms with van der Waals surface area (Å²) < 4.78 is 40.0. The molecule has 1 N–H and O–H groups in total. The lowest BCUT2D eigenvalue weighted by molar-refractivity contribution is -0.139. The third kappa shape index (κ3) is 4.01. The summed E-state index contributed by atoms with van der Waals surface area (Å²) in [5, 5.41) is 8.93. The van der Waals surface area contributed by atoms with Gasteiger partial charge in [-0.3, -0.25) is 9.69 Å². The van der Waals surface area contributed by atoms with Crippen LogP contribution < -0.4 is 0 Å². The van der Waals surface area contributed by atoms with Gasteiger partial charge in [0.2, 0.25) is 0 Å². The standard InChI is InChI=1S/C15H18F3N3O2/c1-3-6-21(9-14(22)23)8-13-19-11-7-10(15(16,17)18)4-5-12(11)20(13)2/h4-5,7H,3,6,8-9H2,1-2H3,(H,22,23). The van der Waals surface area contributed by atoms with Crippen LogP contribution in [0.5, 0.6) is 0 Å². The first kappa shape index (κ1) is 17.3. The van der Waals surface area contributed by atoms with Crippen LogP contribution in [0.1, 0.15) is 24.7 Å². The molecule has 2 aromatic rings. The minimum atomic E-state index is -4.41. The molecule has 0 saturated heterocycles. The van der Waals surface area contributed by atoms with Crippen LogP contribution in [-0.2, 0) is 24.6 Å². The fraction of sp³-hybridized carbons (Fsp3) is 0.467. The molecule has 1 heterocycles. The van der Waals surface area contributed by atoms with Crippen LogP contribution in [0.3, 0.4) is 0 Å². The maximum absolute atomic E-state index is 12.8. The number of carboxylic acids is 1. The number of aryl methyl sites for hydroxylation is 1. The second-order valence-electron chi connectivity index (χ2n) is 5.39. The minimum Gasteiger partial charge on any atom is -0.480 e. The lowest BCUT2D eigenvalue weighted by Crippen LogP contribution is -2.31. The minimum absolute atomic E-state index is 0.134. The molecule has 0 atom stereocenters. The van der Waals surface area contributed by atoms with Gasteiger partial charge in [0.25, 0.3) is 0 Å². The second kappa shape index (κ2) is 6.57. The van der Waals surface area contributed by atoms with Crippen LogP contribution in [-0.4, -0.2) is 38.6 Å².